The van der Waals surface area contributed by atoms with E-state index in [-0.39, 0.29) is 6.61 Å². The lowest BCUT2D eigenvalue weighted by molar-refractivity contribution is 0.301. The number of benzene rings is 2. The Hall–Kier alpha value is -2.64. The van der Waals surface area contributed by atoms with Gasteiger partial charge in [-0.1, -0.05) is 43.7 Å². The van der Waals surface area contributed by atoms with Crippen molar-refractivity contribution in [3.05, 3.63) is 54.6 Å². The molecule has 3 aromatic rings. The van der Waals surface area contributed by atoms with E-state index in [0.717, 1.165) is 36.3 Å². The molecule has 0 saturated carbocycles. The number of aliphatic hydroxyl groups is 1. The minimum Gasteiger partial charge on any atom is -0.395 e. The van der Waals surface area contributed by atoms with Gasteiger partial charge in [0.05, 0.1) is 12.3 Å². The second-order valence-corrected chi connectivity index (χ2v) is 6.78. The molecular weight excluding hydrogens is 358 g/mol. The van der Waals surface area contributed by atoms with Gasteiger partial charge in [-0.3, -0.25) is 0 Å². The van der Waals surface area contributed by atoms with Gasteiger partial charge in [-0.15, -0.1) is 10.2 Å². The summed E-state index contributed by atoms with van der Waals surface area (Å²) in [6.45, 7) is 3.88. The Kier molecular flexibility index (Phi) is 7.01. The lowest BCUT2D eigenvalue weighted by atomic mass is 10.2. The molecule has 0 aliphatic heterocycles. The molecule has 2 aromatic carbocycles. The van der Waals surface area contributed by atoms with Crippen LogP contribution in [0.25, 0.3) is 11.4 Å². The van der Waals surface area contributed by atoms with Gasteiger partial charge >= 0.3 is 0 Å². The van der Waals surface area contributed by atoms with Crippen LogP contribution in [0.2, 0.25) is 0 Å². The van der Waals surface area contributed by atoms with Crippen LogP contribution < -0.4 is 4.90 Å². The van der Waals surface area contributed by atoms with E-state index in [1.807, 2.05) is 54.6 Å². The van der Waals surface area contributed by atoms with Crippen LogP contribution in [0, 0.1) is 0 Å². The summed E-state index contributed by atoms with van der Waals surface area (Å²) < 4.78 is 4.33. The molecule has 0 atom stereocenters. The van der Waals surface area contributed by atoms with Gasteiger partial charge in [-0.25, -0.2) is 0 Å². The zero-order chi connectivity index (χ0) is 18.9. The summed E-state index contributed by atoms with van der Waals surface area (Å²) in [6.07, 6.45) is 2.23. The average Bonchev–Trinajstić information content (AvgIpc) is 3.20. The molecule has 0 aliphatic rings. The van der Waals surface area contributed by atoms with Gasteiger partial charge in [0.2, 0.25) is 5.13 Å². The molecule has 0 bridgehead atoms. The molecule has 1 aromatic heterocycles. The zero-order valence-electron chi connectivity index (χ0n) is 15.3. The summed E-state index contributed by atoms with van der Waals surface area (Å²) in [5.74, 6) is 0.667. The second kappa shape index (κ2) is 9.89. The van der Waals surface area contributed by atoms with E-state index >= 15 is 0 Å². The summed E-state index contributed by atoms with van der Waals surface area (Å²) in [6, 6.07) is 17.7. The van der Waals surface area contributed by atoms with Gasteiger partial charge in [0.1, 0.15) is 0 Å². The molecule has 1 heterocycles. The predicted molar refractivity (Wildman–Crippen MR) is 110 cm³/mol. The molecule has 0 unspecified atom stereocenters. The molecule has 7 heteroatoms. The third-order valence-electron chi connectivity index (χ3n) is 4.06. The van der Waals surface area contributed by atoms with Crippen molar-refractivity contribution in [2.45, 2.75) is 19.8 Å². The maximum Gasteiger partial charge on any atom is 0.249 e. The van der Waals surface area contributed by atoms with E-state index < -0.39 is 0 Å². The molecule has 0 fully saturated rings. The average molecular weight is 382 g/mol. The number of aliphatic hydroxyl groups excluding tert-OH is 1. The summed E-state index contributed by atoms with van der Waals surface area (Å²) >= 11 is 1.23. The van der Waals surface area contributed by atoms with Crippen molar-refractivity contribution in [2.75, 3.05) is 24.6 Å². The Labute approximate surface area is 163 Å². The van der Waals surface area contributed by atoms with Crippen LogP contribution in [0.5, 0.6) is 0 Å². The molecule has 6 nitrogen and oxygen atoms in total. The summed E-state index contributed by atoms with van der Waals surface area (Å²) in [5.41, 5.74) is 2.81. The fraction of sp³-hybridized carbons (Fsp3) is 0.300. The van der Waals surface area contributed by atoms with E-state index in [1.165, 1.54) is 11.5 Å². The standard InChI is InChI=1S/C20H23N5OS/c1-2-3-13-25(14-15-26)18-11-9-17(10-12-18)22-23-20-21-19(24-27-20)16-7-5-4-6-8-16/h4-12,26H,2-3,13-15H2,1H3. The zero-order valence-corrected chi connectivity index (χ0v) is 16.1. The van der Waals surface area contributed by atoms with Gasteiger partial charge in [0.25, 0.3) is 0 Å². The molecule has 0 amide bonds. The molecule has 0 saturated heterocycles. The highest BCUT2D eigenvalue weighted by atomic mass is 32.1. The maximum atomic E-state index is 9.26. The molecule has 0 spiro atoms. The predicted octanol–water partition coefficient (Wildman–Crippen LogP) is 5.22. The fourth-order valence-corrected chi connectivity index (χ4v) is 3.15. The number of hydrogen-bond donors (Lipinski definition) is 1. The van der Waals surface area contributed by atoms with Crippen LogP contribution in [0.4, 0.5) is 16.5 Å². The summed E-state index contributed by atoms with van der Waals surface area (Å²) in [4.78, 5) is 6.59. The van der Waals surface area contributed by atoms with Gasteiger partial charge in [0.15, 0.2) is 5.82 Å². The van der Waals surface area contributed by atoms with Gasteiger partial charge < -0.3 is 10.0 Å². The van der Waals surface area contributed by atoms with E-state index in [4.69, 9.17) is 0 Å². The number of anilines is 1. The van der Waals surface area contributed by atoms with Crippen molar-refractivity contribution >= 4 is 28.0 Å². The minimum atomic E-state index is 0.145. The largest absolute Gasteiger partial charge is 0.395 e. The molecule has 0 aliphatic carbocycles. The SMILES string of the molecule is CCCCN(CCO)c1ccc(N=Nc2nc(-c3ccccc3)ns2)cc1. The van der Waals surface area contributed by atoms with Crippen molar-refractivity contribution in [1.82, 2.24) is 9.36 Å². The van der Waals surface area contributed by atoms with Crippen molar-refractivity contribution in [1.29, 1.82) is 0 Å². The lowest BCUT2D eigenvalue weighted by Gasteiger charge is -2.23. The molecule has 3 rings (SSSR count). The van der Waals surface area contributed by atoms with E-state index in [9.17, 15) is 5.11 Å². The monoisotopic (exact) mass is 381 g/mol. The first-order valence-corrected chi connectivity index (χ1v) is 9.84. The molecular formula is C20H23N5OS. The first-order chi connectivity index (χ1) is 13.3. The number of nitrogens with zero attached hydrogens (tertiary/aromatic N) is 5. The Bertz CT molecular complexity index is 848. The summed E-state index contributed by atoms with van der Waals surface area (Å²) in [7, 11) is 0. The fourth-order valence-electron chi connectivity index (χ4n) is 2.63. The van der Waals surface area contributed by atoms with E-state index in [0.29, 0.717) is 17.5 Å². The van der Waals surface area contributed by atoms with Crippen molar-refractivity contribution in [3.63, 3.8) is 0 Å². The first-order valence-electron chi connectivity index (χ1n) is 9.07. The van der Waals surface area contributed by atoms with Gasteiger partial charge in [0, 0.05) is 35.9 Å². The number of rotatable bonds is 9. The van der Waals surface area contributed by atoms with Crippen molar-refractivity contribution in [3.8, 4) is 11.4 Å². The highest BCUT2D eigenvalue weighted by molar-refractivity contribution is 7.09. The highest BCUT2D eigenvalue weighted by Gasteiger charge is 2.07. The third-order valence-corrected chi connectivity index (χ3v) is 4.67. The van der Waals surface area contributed by atoms with Crippen LogP contribution in [-0.2, 0) is 0 Å². The van der Waals surface area contributed by atoms with Crippen LogP contribution in [-0.4, -0.2) is 34.2 Å². The van der Waals surface area contributed by atoms with Gasteiger partial charge in [-0.2, -0.15) is 9.36 Å². The number of unbranched alkanes of at least 4 members (excludes halogenated alkanes) is 1. The lowest BCUT2D eigenvalue weighted by Crippen LogP contribution is -2.27. The van der Waals surface area contributed by atoms with Crippen molar-refractivity contribution in [2.24, 2.45) is 10.2 Å². The van der Waals surface area contributed by atoms with E-state index in [1.54, 1.807) is 0 Å². The van der Waals surface area contributed by atoms with Gasteiger partial charge in [-0.05, 0) is 30.7 Å². The highest BCUT2D eigenvalue weighted by Crippen LogP contribution is 2.26. The minimum absolute atomic E-state index is 0.145. The normalized spacial score (nSPS) is 11.2. The first kappa shape index (κ1) is 19.1. The van der Waals surface area contributed by atoms with Crippen LogP contribution in [0.3, 0.4) is 0 Å². The van der Waals surface area contributed by atoms with Crippen LogP contribution in [0.15, 0.2) is 64.8 Å². The smallest absolute Gasteiger partial charge is 0.249 e. The quantitative estimate of drug-likeness (QED) is 0.516. The molecule has 140 valence electrons. The number of azo groups is 1. The van der Waals surface area contributed by atoms with Crippen LogP contribution in [0.1, 0.15) is 19.8 Å². The molecule has 1 N–H and O–H groups in total. The Morgan fingerprint density at radius 2 is 1.78 bits per heavy atom. The Morgan fingerprint density at radius 3 is 2.48 bits per heavy atom. The number of aromatic nitrogens is 2. The Morgan fingerprint density at radius 1 is 1.00 bits per heavy atom. The molecule has 27 heavy (non-hydrogen) atoms. The third kappa shape index (κ3) is 5.42. The number of hydrogen-bond acceptors (Lipinski definition) is 7. The summed E-state index contributed by atoms with van der Waals surface area (Å²) in [5, 5.41) is 18.2. The Balaban J connectivity index is 1.66. The van der Waals surface area contributed by atoms with E-state index in [2.05, 4.69) is 31.4 Å². The topological polar surface area (TPSA) is 74.0 Å². The van der Waals surface area contributed by atoms with Crippen molar-refractivity contribution < 1.29 is 5.11 Å². The molecule has 0 radical (unpaired) electrons. The second-order valence-electron chi connectivity index (χ2n) is 6.05. The van der Waals surface area contributed by atoms with Crippen LogP contribution >= 0.6 is 11.5 Å². The maximum absolute atomic E-state index is 9.26.